The van der Waals surface area contributed by atoms with Gasteiger partial charge in [-0.1, -0.05) is 369 Å². The summed E-state index contributed by atoms with van der Waals surface area (Å²) in [5.41, 5.74) is 0. The Morgan fingerprint density at radius 2 is 0.515 bits per heavy atom. The molecule has 0 radical (unpaired) electrons. The van der Waals surface area contributed by atoms with Gasteiger partial charge in [0.1, 0.15) is 19.3 Å². The minimum Gasteiger partial charge on any atom is -0.462 e. The molecular weight excluding hydrogens is 1290 g/mol. The highest BCUT2D eigenvalue weighted by atomic mass is 31.2. The van der Waals surface area contributed by atoms with Crippen molar-refractivity contribution in [1.82, 2.24) is 0 Å². The monoisotopic (exact) mass is 1450 g/mol. The molecule has 0 aliphatic rings. The number of carbonyl (C=O) groups is 4. The van der Waals surface area contributed by atoms with Crippen molar-refractivity contribution in [2.45, 2.75) is 439 Å². The van der Waals surface area contributed by atoms with Crippen LogP contribution in [-0.2, 0) is 65.4 Å². The van der Waals surface area contributed by atoms with Crippen LogP contribution in [0, 0.1) is 11.8 Å². The van der Waals surface area contributed by atoms with Crippen LogP contribution in [-0.4, -0.2) is 96.7 Å². The number of aliphatic hydroxyl groups is 1. The molecule has 0 amide bonds. The Labute approximate surface area is 607 Å². The van der Waals surface area contributed by atoms with E-state index in [-0.39, 0.29) is 25.7 Å². The van der Waals surface area contributed by atoms with Gasteiger partial charge in [0.05, 0.1) is 26.4 Å². The molecule has 0 bridgehead atoms. The van der Waals surface area contributed by atoms with Gasteiger partial charge in [-0.2, -0.15) is 0 Å². The van der Waals surface area contributed by atoms with E-state index in [0.717, 1.165) is 108 Å². The average molecular weight is 1450 g/mol. The van der Waals surface area contributed by atoms with E-state index in [0.29, 0.717) is 25.7 Å². The van der Waals surface area contributed by atoms with Crippen LogP contribution in [0.15, 0.2) is 0 Å². The van der Waals surface area contributed by atoms with Gasteiger partial charge in [0.2, 0.25) is 0 Å². The molecule has 0 aromatic heterocycles. The number of hydrogen-bond acceptors (Lipinski definition) is 15. The molecular formula is C80H156O17P2. The molecule has 3 N–H and O–H groups in total. The number of hydrogen-bond donors (Lipinski definition) is 3. The smallest absolute Gasteiger partial charge is 0.462 e. The van der Waals surface area contributed by atoms with Gasteiger partial charge in [-0.05, 0) is 37.5 Å². The van der Waals surface area contributed by atoms with E-state index in [2.05, 4.69) is 41.5 Å². The number of carbonyl (C=O) groups excluding carboxylic acids is 4. The molecule has 17 nitrogen and oxygen atoms in total. The number of ether oxygens (including phenoxy) is 4. The molecule has 0 aromatic carbocycles. The molecule has 0 aliphatic heterocycles. The molecule has 0 rings (SSSR count). The third kappa shape index (κ3) is 72.8. The van der Waals surface area contributed by atoms with E-state index in [9.17, 15) is 43.2 Å². The van der Waals surface area contributed by atoms with Crippen LogP contribution in [0.25, 0.3) is 0 Å². The number of phosphoric acid groups is 2. The summed E-state index contributed by atoms with van der Waals surface area (Å²) >= 11 is 0. The molecule has 0 aromatic rings. The molecule has 588 valence electrons. The average Bonchev–Trinajstić information content (AvgIpc) is 1.05. The fraction of sp³-hybridized carbons (Fsp3) is 0.950. The summed E-state index contributed by atoms with van der Waals surface area (Å²) < 4.78 is 68.7. The summed E-state index contributed by atoms with van der Waals surface area (Å²) in [5.74, 6) is -0.570. The van der Waals surface area contributed by atoms with Gasteiger partial charge >= 0.3 is 39.5 Å². The lowest BCUT2D eigenvalue weighted by Gasteiger charge is -2.21. The van der Waals surface area contributed by atoms with Crippen molar-refractivity contribution in [1.29, 1.82) is 0 Å². The van der Waals surface area contributed by atoms with E-state index in [1.165, 1.54) is 231 Å². The second kappa shape index (κ2) is 71.7. The molecule has 3 unspecified atom stereocenters. The molecule has 0 aliphatic carbocycles. The molecule has 6 atom stereocenters. The van der Waals surface area contributed by atoms with Crippen molar-refractivity contribution in [2.75, 3.05) is 39.6 Å². The third-order valence-electron chi connectivity index (χ3n) is 19.1. The Balaban J connectivity index is 5.23. The zero-order valence-electron chi connectivity index (χ0n) is 64.8. The maximum atomic E-state index is 13.1. The normalized spacial score (nSPS) is 14.2. The summed E-state index contributed by atoms with van der Waals surface area (Å²) in [6, 6.07) is 0. The first kappa shape index (κ1) is 97.1. The Hall–Kier alpha value is -1.94. The van der Waals surface area contributed by atoms with Gasteiger partial charge in [-0.15, -0.1) is 0 Å². The van der Waals surface area contributed by atoms with E-state index >= 15 is 0 Å². The standard InChI is InChI=1S/C80H156O17P2/c1-7-10-12-14-16-18-20-22-23-24-25-29-32-36-39-43-50-56-62-77(82)90-68-75(96-80(85)65-59-53-45-41-37-33-30-27-26-28-31-34-38-42-48-54-60-72(4)5)70-94-98(86,87)92-66-74(81)67-93-99(88,89)95-71-76(69-91-78(83)63-57-51-47-46-49-55-61-73(6)9-3)97-79(84)64-58-52-44-40-35-21-19-17-15-13-11-8-2/h72-76,81H,7-71H2,1-6H3,(H,86,87)(H,88,89)/t73?,74-,75-,76-/m1/s1. The number of rotatable bonds is 79. The molecule has 0 saturated carbocycles. The number of esters is 4. The largest absolute Gasteiger partial charge is 0.472 e. The maximum absolute atomic E-state index is 13.1. The highest BCUT2D eigenvalue weighted by molar-refractivity contribution is 7.47. The summed E-state index contributed by atoms with van der Waals surface area (Å²) in [6.45, 7) is 9.62. The predicted molar refractivity (Wildman–Crippen MR) is 405 cm³/mol. The zero-order chi connectivity index (χ0) is 72.8. The number of unbranched alkanes of at least 4 members (excludes halogenated alkanes) is 48. The van der Waals surface area contributed by atoms with Gasteiger partial charge in [0.25, 0.3) is 0 Å². The van der Waals surface area contributed by atoms with E-state index in [1.54, 1.807) is 0 Å². The third-order valence-corrected chi connectivity index (χ3v) is 21.0. The van der Waals surface area contributed by atoms with Crippen molar-refractivity contribution < 1.29 is 80.2 Å². The van der Waals surface area contributed by atoms with Crippen molar-refractivity contribution in [2.24, 2.45) is 11.8 Å². The fourth-order valence-electron chi connectivity index (χ4n) is 12.3. The van der Waals surface area contributed by atoms with Crippen LogP contribution in [0.4, 0.5) is 0 Å². The minimum absolute atomic E-state index is 0.107. The molecule has 0 fully saturated rings. The molecule has 0 saturated heterocycles. The van der Waals surface area contributed by atoms with Crippen LogP contribution in [0.1, 0.15) is 420 Å². The van der Waals surface area contributed by atoms with Crippen molar-refractivity contribution >= 4 is 39.5 Å². The van der Waals surface area contributed by atoms with Crippen LogP contribution in [0.3, 0.4) is 0 Å². The molecule has 19 heteroatoms. The van der Waals surface area contributed by atoms with Gasteiger partial charge in [0.15, 0.2) is 12.2 Å². The second-order valence-electron chi connectivity index (χ2n) is 29.5. The van der Waals surface area contributed by atoms with Crippen LogP contribution >= 0.6 is 15.6 Å². The molecule has 0 spiro atoms. The van der Waals surface area contributed by atoms with Crippen molar-refractivity contribution in [3.63, 3.8) is 0 Å². The first-order chi connectivity index (χ1) is 47.9. The van der Waals surface area contributed by atoms with Crippen molar-refractivity contribution in [3.05, 3.63) is 0 Å². The van der Waals surface area contributed by atoms with Gasteiger partial charge < -0.3 is 33.8 Å². The van der Waals surface area contributed by atoms with Crippen molar-refractivity contribution in [3.8, 4) is 0 Å². The fourth-order valence-corrected chi connectivity index (χ4v) is 13.9. The Morgan fingerprint density at radius 1 is 0.293 bits per heavy atom. The van der Waals surface area contributed by atoms with E-state index < -0.39 is 97.5 Å². The summed E-state index contributed by atoms with van der Waals surface area (Å²) in [4.78, 5) is 73.0. The van der Waals surface area contributed by atoms with Gasteiger partial charge in [-0.3, -0.25) is 37.3 Å². The highest BCUT2D eigenvalue weighted by Gasteiger charge is 2.30. The lowest BCUT2D eigenvalue weighted by Crippen LogP contribution is -2.30. The van der Waals surface area contributed by atoms with E-state index in [1.807, 2.05) is 0 Å². The van der Waals surface area contributed by atoms with Crippen LogP contribution in [0.2, 0.25) is 0 Å². The van der Waals surface area contributed by atoms with Gasteiger partial charge in [-0.25, -0.2) is 9.13 Å². The summed E-state index contributed by atoms with van der Waals surface area (Å²) in [6.07, 6.45) is 61.1. The number of phosphoric ester groups is 2. The number of aliphatic hydroxyl groups excluding tert-OH is 1. The second-order valence-corrected chi connectivity index (χ2v) is 32.4. The summed E-state index contributed by atoms with van der Waals surface area (Å²) in [5, 5.41) is 10.6. The summed E-state index contributed by atoms with van der Waals surface area (Å²) in [7, 11) is -9.92. The van der Waals surface area contributed by atoms with Crippen LogP contribution < -0.4 is 0 Å². The highest BCUT2D eigenvalue weighted by Crippen LogP contribution is 2.45. The maximum Gasteiger partial charge on any atom is 0.472 e. The molecule has 99 heavy (non-hydrogen) atoms. The zero-order valence-corrected chi connectivity index (χ0v) is 66.6. The predicted octanol–water partition coefficient (Wildman–Crippen LogP) is 23.9. The van der Waals surface area contributed by atoms with E-state index in [4.69, 9.17) is 37.0 Å². The lowest BCUT2D eigenvalue weighted by atomic mass is 10.00. The first-order valence-corrected chi connectivity index (χ1v) is 44.5. The van der Waals surface area contributed by atoms with Crippen LogP contribution in [0.5, 0.6) is 0 Å². The topological polar surface area (TPSA) is 237 Å². The Kier molecular flexibility index (Phi) is 70.3. The SMILES string of the molecule is CCCCCCCCCCCCCCCCCCCCC(=O)OC[C@H](COP(=O)(O)OC[C@@H](O)COP(=O)(O)OC[C@@H](COC(=O)CCCCCCCCC(C)CC)OC(=O)CCCCCCCCCCCCCC)OC(=O)CCCCCCCCCCCCCCCCCCC(C)C. The Bertz CT molecular complexity index is 1910. The van der Waals surface area contributed by atoms with Gasteiger partial charge in [0, 0.05) is 25.7 Å². The Morgan fingerprint density at radius 3 is 0.768 bits per heavy atom. The quantitative estimate of drug-likeness (QED) is 0.0222. The lowest BCUT2D eigenvalue weighted by molar-refractivity contribution is -0.161. The minimum atomic E-state index is -4.96. The first-order valence-electron chi connectivity index (χ1n) is 41.5. The molecule has 0 heterocycles.